The van der Waals surface area contributed by atoms with Gasteiger partial charge < -0.3 is 15.0 Å². The summed E-state index contributed by atoms with van der Waals surface area (Å²) in [5.74, 6) is 0. The molecule has 3 heteroatoms. The number of piperidine rings is 1. The molecule has 114 valence electrons. The molecule has 0 aromatic heterocycles. The highest BCUT2D eigenvalue weighted by atomic mass is 16.5. The van der Waals surface area contributed by atoms with Crippen LogP contribution in [0.1, 0.15) is 52.9 Å². The molecule has 1 heterocycles. The van der Waals surface area contributed by atoms with Crippen LogP contribution in [0, 0.1) is 5.41 Å². The van der Waals surface area contributed by atoms with Crippen molar-refractivity contribution < 1.29 is 4.74 Å². The van der Waals surface area contributed by atoms with E-state index in [0.29, 0.717) is 11.5 Å². The molecule has 0 spiro atoms. The number of methoxy groups -OCH3 is 1. The van der Waals surface area contributed by atoms with Crippen LogP contribution < -0.4 is 5.32 Å². The van der Waals surface area contributed by atoms with Gasteiger partial charge in [0.2, 0.25) is 0 Å². The summed E-state index contributed by atoms with van der Waals surface area (Å²) in [7, 11) is 1.84. The number of nitrogens with zero attached hydrogens (tertiary/aromatic N) is 1. The highest BCUT2D eigenvalue weighted by molar-refractivity contribution is 4.85. The second-order valence-corrected chi connectivity index (χ2v) is 6.10. The topological polar surface area (TPSA) is 24.5 Å². The minimum absolute atomic E-state index is 0.453. The maximum Gasteiger partial charge on any atom is 0.0595 e. The average Bonchev–Trinajstić information content (AvgIpc) is 2.47. The van der Waals surface area contributed by atoms with Crippen molar-refractivity contribution in [2.45, 2.75) is 59.0 Å². The summed E-state index contributed by atoms with van der Waals surface area (Å²) >= 11 is 0. The summed E-state index contributed by atoms with van der Waals surface area (Å²) in [5.41, 5.74) is 0.453. The van der Waals surface area contributed by atoms with Crippen LogP contribution in [-0.2, 0) is 4.74 Å². The van der Waals surface area contributed by atoms with Crippen LogP contribution in [0.25, 0.3) is 0 Å². The zero-order chi connectivity index (χ0) is 14.1. The zero-order valence-electron chi connectivity index (χ0n) is 13.5. The molecular weight excluding hydrogens is 236 g/mol. The van der Waals surface area contributed by atoms with Crippen molar-refractivity contribution in [2.24, 2.45) is 5.41 Å². The van der Waals surface area contributed by atoms with Crippen LogP contribution in [0.4, 0.5) is 0 Å². The van der Waals surface area contributed by atoms with Crippen LogP contribution in [0.15, 0.2) is 0 Å². The fourth-order valence-corrected chi connectivity index (χ4v) is 3.09. The van der Waals surface area contributed by atoms with Crippen LogP contribution >= 0.6 is 0 Å². The highest BCUT2D eigenvalue weighted by Crippen LogP contribution is 2.28. The van der Waals surface area contributed by atoms with Crippen molar-refractivity contribution in [2.75, 3.05) is 39.8 Å². The maximum absolute atomic E-state index is 5.46. The van der Waals surface area contributed by atoms with Crippen molar-refractivity contribution >= 4 is 0 Å². The first-order valence-corrected chi connectivity index (χ1v) is 8.15. The molecule has 0 radical (unpaired) electrons. The lowest BCUT2D eigenvalue weighted by Gasteiger charge is -2.40. The molecule has 0 bridgehead atoms. The lowest BCUT2D eigenvalue weighted by atomic mass is 9.81. The van der Waals surface area contributed by atoms with Crippen molar-refractivity contribution in [1.82, 2.24) is 10.2 Å². The van der Waals surface area contributed by atoms with E-state index in [1.807, 2.05) is 7.11 Å². The first-order valence-electron chi connectivity index (χ1n) is 8.15. The van der Waals surface area contributed by atoms with Crippen molar-refractivity contribution in [3.05, 3.63) is 0 Å². The summed E-state index contributed by atoms with van der Waals surface area (Å²) in [6.07, 6.45) is 6.65. The minimum atomic E-state index is 0.453. The Morgan fingerprint density at radius 3 is 2.26 bits per heavy atom. The molecular formula is C16H34N2O. The Kier molecular flexibility index (Phi) is 7.96. The van der Waals surface area contributed by atoms with Gasteiger partial charge in [-0.05, 0) is 44.1 Å². The molecule has 0 aromatic rings. The molecule has 1 aliphatic rings. The number of hydrogen-bond donors (Lipinski definition) is 1. The summed E-state index contributed by atoms with van der Waals surface area (Å²) in [6, 6.07) is 0. The molecule has 0 aliphatic carbocycles. The van der Waals surface area contributed by atoms with E-state index in [4.69, 9.17) is 4.74 Å². The third kappa shape index (κ3) is 5.41. The molecule has 0 saturated carbocycles. The molecule has 1 N–H and O–H groups in total. The maximum atomic E-state index is 5.46. The molecule has 1 saturated heterocycles. The lowest BCUT2D eigenvalue weighted by molar-refractivity contribution is 0.0242. The van der Waals surface area contributed by atoms with Crippen molar-refractivity contribution in [3.63, 3.8) is 0 Å². The fourth-order valence-electron chi connectivity index (χ4n) is 3.09. The van der Waals surface area contributed by atoms with Crippen molar-refractivity contribution in [3.8, 4) is 0 Å². The molecule has 1 rings (SSSR count). The van der Waals surface area contributed by atoms with Crippen LogP contribution in [0.3, 0.4) is 0 Å². The predicted molar refractivity (Wildman–Crippen MR) is 82.6 cm³/mol. The molecule has 0 unspecified atom stereocenters. The molecule has 3 nitrogen and oxygen atoms in total. The number of likely N-dealkylation sites (tertiary alicyclic amines) is 1. The monoisotopic (exact) mass is 270 g/mol. The first-order chi connectivity index (χ1) is 9.19. The van der Waals surface area contributed by atoms with Gasteiger partial charge >= 0.3 is 0 Å². The number of rotatable bonds is 9. The SMILES string of the molecule is CCCNCC(CC)(CC)CN1CCC(OC)CC1. The summed E-state index contributed by atoms with van der Waals surface area (Å²) in [4.78, 5) is 2.65. The van der Waals surface area contributed by atoms with Crippen molar-refractivity contribution in [1.29, 1.82) is 0 Å². The van der Waals surface area contributed by atoms with Gasteiger partial charge in [-0.1, -0.05) is 20.8 Å². The van der Waals surface area contributed by atoms with E-state index < -0.39 is 0 Å². The Morgan fingerprint density at radius 1 is 1.16 bits per heavy atom. The predicted octanol–water partition coefficient (Wildman–Crippen LogP) is 2.90. The van der Waals surface area contributed by atoms with E-state index in [-0.39, 0.29) is 0 Å². The Labute approximate surface area is 120 Å². The van der Waals surface area contributed by atoms with Gasteiger partial charge in [0.1, 0.15) is 0 Å². The minimum Gasteiger partial charge on any atom is -0.381 e. The fraction of sp³-hybridized carbons (Fsp3) is 1.00. The van der Waals surface area contributed by atoms with Gasteiger partial charge in [0.05, 0.1) is 6.10 Å². The third-order valence-corrected chi connectivity index (χ3v) is 4.85. The van der Waals surface area contributed by atoms with E-state index in [9.17, 15) is 0 Å². The Bertz CT molecular complexity index is 221. The molecule has 0 aromatic carbocycles. The standard InChI is InChI=1S/C16H34N2O/c1-5-10-17-13-16(6-2,7-3)14-18-11-8-15(19-4)9-12-18/h15,17H,5-14H2,1-4H3. The van der Waals surface area contributed by atoms with E-state index in [0.717, 1.165) is 13.1 Å². The van der Waals surface area contributed by atoms with Crippen LogP contribution in [-0.4, -0.2) is 50.8 Å². The summed E-state index contributed by atoms with van der Waals surface area (Å²) < 4.78 is 5.46. The summed E-state index contributed by atoms with van der Waals surface area (Å²) in [5, 5.41) is 3.64. The Hall–Kier alpha value is -0.120. The lowest BCUT2D eigenvalue weighted by Crippen LogP contribution is -2.47. The smallest absolute Gasteiger partial charge is 0.0595 e. The van der Waals surface area contributed by atoms with Gasteiger partial charge in [-0.25, -0.2) is 0 Å². The molecule has 0 atom stereocenters. The quantitative estimate of drug-likeness (QED) is 0.652. The number of hydrogen-bond acceptors (Lipinski definition) is 3. The van der Waals surface area contributed by atoms with Gasteiger partial charge in [0.25, 0.3) is 0 Å². The highest BCUT2D eigenvalue weighted by Gasteiger charge is 2.30. The molecule has 1 aliphatic heterocycles. The molecule has 1 fully saturated rings. The first kappa shape index (κ1) is 16.9. The molecule has 19 heavy (non-hydrogen) atoms. The normalized spacial score (nSPS) is 18.9. The molecule has 0 amide bonds. The summed E-state index contributed by atoms with van der Waals surface area (Å²) in [6.45, 7) is 12.9. The van der Waals surface area contributed by atoms with Crippen LogP contribution in [0.5, 0.6) is 0 Å². The van der Waals surface area contributed by atoms with Gasteiger partial charge in [-0.3, -0.25) is 0 Å². The Morgan fingerprint density at radius 2 is 1.79 bits per heavy atom. The third-order valence-electron chi connectivity index (χ3n) is 4.85. The second kappa shape index (κ2) is 8.93. The van der Waals surface area contributed by atoms with Gasteiger partial charge in [0.15, 0.2) is 0 Å². The van der Waals surface area contributed by atoms with E-state index in [1.165, 1.54) is 51.7 Å². The van der Waals surface area contributed by atoms with E-state index >= 15 is 0 Å². The zero-order valence-corrected chi connectivity index (χ0v) is 13.5. The largest absolute Gasteiger partial charge is 0.381 e. The van der Waals surface area contributed by atoms with E-state index in [2.05, 4.69) is 31.0 Å². The number of ether oxygens (including phenoxy) is 1. The van der Waals surface area contributed by atoms with Crippen LogP contribution in [0.2, 0.25) is 0 Å². The average molecular weight is 270 g/mol. The Balaban J connectivity index is 2.44. The van der Waals surface area contributed by atoms with Gasteiger partial charge in [-0.2, -0.15) is 0 Å². The van der Waals surface area contributed by atoms with Gasteiger partial charge in [-0.15, -0.1) is 0 Å². The van der Waals surface area contributed by atoms with Gasteiger partial charge in [0, 0.05) is 33.3 Å². The second-order valence-electron chi connectivity index (χ2n) is 6.10. The number of nitrogens with one attached hydrogen (secondary N) is 1. The van der Waals surface area contributed by atoms with E-state index in [1.54, 1.807) is 0 Å².